The molecule has 2 aromatic rings. The van der Waals surface area contributed by atoms with E-state index in [0.717, 1.165) is 32.7 Å². The molecule has 0 unspecified atom stereocenters. The average Bonchev–Trinajstić information content (AvgIpc) is 2.79. The number of nitrogens with two attached hydrogens (primary N) is 1. The summed E-state index contributed by atoms with van der Waals surface area (Å²) in [7, 11) is 0. The minimum Gasteiger partial charge on any atom is -0.330 e. The monoisotopic (exact) mass is 309 g/mol. The van der Waals surface area contributed by atoms with E-state index in [1.54, 1.807) is 0 Å². The molecule has 0 amide bonds. The van der Waals surface area contributed by atoms with Crippen LogP contribution < -0.4 is 5.73 Å². The van der Waals surface area contributed by atoms with Gasteiger partial charge in [0.1, 0.15) is 0 Å². The Bertz CT molecular complexity index is 518. The van der Waals surface area contributed by atoms with E-state index in [4.69, 9.17) is 5.73 Å². The second-order valence-corrected chi connectivity index (χ2v) is 6.43. The van der Waals surface area contributed by atoms with Crippen LogP contribution in [0.2, 0.25) is 0 Å². The topological polar surface area (TPSA) is 32.5 Å². The summed E-state index contributed by atoms with van der Waals surface area (Å²) in [6.07, 6.45) is 2.38. The molecule has 122 valence electrons. The smallest absolute Gasteiger partial charge is 0.0384 e. The van der Waals surface area contributed by atoms with Crippen molar-refractivity contribution >= 4 is 0 Å². The van der Waals surface area contributed by atoms with Gasteiger partial charge in [0.05, 0.1) is 0 Å². The van der Waals surface area contributed by atoms with Crippen LogP contribution >= 0.6 is 0 Å². The third-order valence-electron chi connectivity index (χ3n) is 4.74. The molecule has 3 rings (SSSR count). The Morgan fingerprint density at radius 3 is 1.57 bits per heavy atom. The van der Waals surface area contributed by atoms with Crippen molar-refractivity contribution in [2.45, 2.75) is 25.9 Å². The Hall–Kier alpha value is -1.68. The molecular weight excluding hydrogens is 282 g/mol. The zero-order valence-electron chi connectivity index (χ0n) is 13.8. The zero-order valence-corrected chi connectivity index (χ0v) is 13.8. The lowest BCUT2D eigenvalue weighted by atomic mass is 10.0. The summed E-state index contributed by atoms with van der Waals surface area (Å²) in [5, 5.41) is 5.02. The van der Waals surface area contributed by atoms with Crippen molar-refractivity contribution < 1.29 is 0 Å². The van der Waals surface area contributed by atoms with Crippen LogP contribution in [0.5, 0.6) is 0 Å². The molecule has 3 heteroatoms. The van der Waals surface area contributed by atoms with Crippen molar-refractivity contribution in [2.75, 3.05) is 19.6 Å². The van der Waals surface area contributed by atoms with Gasteiger partial charge in [0.25, 0.3) is 0 Å². The molecular formula is C20H27N3. The molecule has 1 saturated heterocycles. The van der Waals surface area contributed by atoms with E-state index in [0.29, 0.717) is 5.92 Å². The number of benzene rings is 2. The van der Waals surface area contributed by atoms with Gasteiger partial charge in [0.15, 0.2) is 0 Å². The number of hydrazine groups is 1. The Morgan fingerprint density at radius 1 is 0.739 bits per heavy atom. The maximum atomic E-state index is 5.93. The average molecular weight is 309 g/mol. The number of hydrogen-bond acceptors (Lipinski definition) is 3. The van der Waals surface area contributed by atoms with Gasteiger partial charge >= 0.3 is 0 Å². The van der Waals surface area contributed by atoms with Crippen LogP contribution in [-0.4, -0.2) is 29.7 Å². The van der Waals surface area contributed by atoms with Gasteiger partial charge in [0.2, 0.25) is 0 Å². The van der Waals surface area contributed by atoms with Crippen molar-refractivity contribution in [3.8, 4) is 0 Å². The van der Waals surface area contributed by atoms with Crippen molar-refractivity contribution in [3.05, 3.63) is 71.8 Å². The highest BCUT2D eigenvalue weighted by atomic mass is 15.6. The van der Waals surface area contributed by atoms with Crippen molar-refractivity contribution in [1.82, 2.24) is 10.0 Å². The first-order valence-corrected chi connectivity index (χ1v) is 8.63. The molecule has 3 nitrogen and oxygen atoms in total. The Balaban J connectivity index is 1.73. The van der Waals surface area contributed by atoms with Crippen LogP contribution in [0.3, 0.4) is 0 Å². The molecule has 1 heterocycles. The van der Waals surface area contributed by atoms with Crippen LogP contribution in [0.25, 0.3) is 0 Å². The molecule has 2 N–H and O–H groups in total. The molecule has 0 spiro atoms. The van der Waals surface area contributed by atoms with E-state index in [1.165, 1.54) is 24.0 Å². The van der Waals surface area contributed by atoms with Gasteiger partial charge in [-0.3, -0.25) is 0 Å². The minimum atomic E-state index is 0.647. The Kier molecular flexibility index (Phi) is 5.81. The van der Waals surface area contributed by atoms with E-state index >= 15 is 0 Å². The summed E-state index contributed by atoms with van der Waals surface area (Å²) >= 11 is 0. The zero-order chi connectivity index (χ0) is 15.9. The summed E-state index contributed by atoms with van der Waals surface area (Å²) in [5.74, 6) is 0.647. The number of nitrogens with zero attached hydrogens (tertiary/aromatic N) is 2. The summed E-state index contributed by atoms with van der Waals surface area (Å²) in [6, 6.07) is 21.5. The fraction of sp³-hybridized carbons (Fsp3) is 0.400. The van der Waals surface area contributed by atoms with Crippen molar-refractivity contribution in [3.63, 3.8) is 0 Å². The van der Waals surface area contributed by atoms with Gasteiger partial charge < -0.3 is 5.73 Å². The first kappa shape index (κ1) is 16.2. The molecule has 1 aliphatic heterocycles. The van der Waals surface area contributed by atoms with E-state index in [9.17, 15) is 0 Å². The molecule has 0 radical (unpaired) electrons. The van der Waals surface area contributed by atoms with E-state index in [2.05, 4.69) is 70.7 Å². The lowest BCUT2D eigenvalue weighted by Crippen LogP contribution is -2.41. The fourth-order valence-corrected chi connectivity index (χ4v) is 3.27. The van der Waals surface area contributed by atoms with E-state index in [1.807, 2.05) is 0 Å². The van der Waals surface area contributed by atoms with Gasteiger partial charge in [-0.25, -0.2) is 10.0 Å². The molecule has 0 saturated carbocycles. The molecule has 0 aliphatic carbocycles. The molecule has 0 atom stereocenters. The van der Waals surface area contributed by atoms with Crippen LogP contribution in [0.15, 0.2) is 60.7 Å². The van der Waals surface area contributed by atoms with Gasteiger partial charge in [-0.2, -0.15) is 0 Å². The number of rotatable bonds is 5. The van der Waals surface area contributed by atoms with Gasteiger partial charge in [0, 0.05) is 26.2 Å². The molecule has 0 bridgehead atoms. The first-order chi connectivity index (χ1) is 11.3. The highest BCUT2D eigenvalue weighted by molar-refractivity contribution is 5.16. The SMILES string of the molecule is NCC1CCN(Cc2ccccc2)N(Cc2ccccc2)CC1. The van der Waals surface area contributed by atoms with Gasteiger partial charge in [-0.15, -0.1) is 0 Å². The number of hydrogen-bond donors (Lipinski definition) is 1. The minimum absolute atomic E-state index is 0.647. The summed E-state index contributed by atoms with van der Waals surface area (Å²) in [6.45, 7) is 4.93. The second kappa shape index (κ2) is 8.25. The normalized spacial score (nSPS) is 18.0. The largest absolute Gasteiger partial charge is 0.330 e. The maximum absolute atomic E-state index is 5.93. The quantitative estimate of drug-likeness (QED) is 0.920. The van der Waals surface area contributed by atoms with E-state index < -0.39 is 0 Å². The van der Waals surface area contributed by atoms with Crippen LogP contribution in [0.1, 0.15) is 24.0 Å². The molecule has 1 fully saturated rings. The molecule has 0 aromatic heterocycles. The third-order valence-corrected chi connectivity index (χ3v) is 4.74. The predicted molar refractivity (Wildman–Crippen MR) is 95.5 cm³/mol. The molecule has 23 heavy (non-hydrogen) atoms. The van der Waals surface area contributed by atoms with E-state index in [-0.39, 0.29) is 0 Å². The Morgan fingerprint density at radius 2 is 1.17 bits per heavy atom. The van der Waals surface area contributed by atoms with Crippen LogP contribution in [0.4, 0.5) is 0 Å². The highest BCUT2D eigenvalue weighted by Crippen LogP contribution is 2.20. The second-order valence-electron chi connectivity index (χ2n) is 6.43. The third kappa shape index (κ3) is 4.64. The summed E-state index contributed by atoms with van der Waals surface area (Å²) in [5.41, 5.74) is 8.68. The Labute approximate surface area is 139 Å². The standard InChI is InChI=1S/C20H27N3/c21-15-18-11-13-22(16-19-7-3-1-4-8-19)23(14-12-18)17-20-9-5-2-6-10-20/h1-10,18H,11-17,21H2. The first-order valence-electron chi connectivity index (χ1n) is 8.63. The van der Waals surface area contributed by atoms with Crippen molar-refractivity contribution in [2.24, 2.45) is 11.7 Å². The fourth-order valence-electron chi connectivity index (χ4n) is 3.27. The predicted octanol–water partition coefficient (Wildman–Crippen LogP) is 3.27. The van der Waals surface area contributed by atoms with Crippen LogP contribution in [-0.2, 0) is 13.1 Å². The van der Waals surface area contributed by atoms with Crippen LogP contribution in [0, 0.1) is 5.92 Å². The lowest BCUT2D eigenvalue weighted by Gasteiger charge is -2.33. The summed E-state index contributed by atoms with van der Waals surface area (Å²) in [4.78, 5) is 0. The molecule has 1 aliphatic rings. The maximum Gasteiger partial charge on any atom is 0.0384 e. The van der Waals surface area contributed by atoms with Gasteiger partial charge in [-0.05, 0) is 36.4 Å². The summed E-state index contributed by atoms with van der Waals surface area (Å²) < 4.78 is 0. The van der Waals surface area contributed by atoms with Crippen molar-refractivity contribution in [1.29, 1.82) is 0 Å². The van der Waals surface area contributed by atoms with Gasteiger partial charge in [-0.1, -0.05) is 60.7 Å². The molecule has 2 aromatic carbocycles. The highest BCUT2D eigenvalue weighted by Gasteiger charge is 2.22. The lowest BCUT2D eigenvalue weighted by molar-refractivity contribution is -0.0323.